The molecule has 5 aromatic carbocycles. The van der Waals surface area contributed by atoms with Gasteiger partial charge in [-0.05, 0) is 29.3 Å². The van der Waals surface area contributed by atoms with Gasteiger partial charge in [-0.1, -0.05) is 109 Å². The van der Waals surface area contributed by atoms with E-state index in [0.717, 1.165) is 22.3 Å². The van der Waals surface area contributed by atoms with Crippen molar-refractivity contribution >= 4 is 31.5 Å². The van der Waals surface area contributed by atoms with Gasteiger partial charge in [-0.2, -0.15) is 0 Å². The molecule has 0 N–H and O–H groups in total. The molecule has 0 unspecified atom stereocenters. The smallest absolute Gasteiger partial charge is 0.164 e. The van der Waals surface area contributed by atoms with Gasteiger partial charge in [-0.3, -0.25) is 0 Å². The first-order valence-corrected chi connectivity index (χ1v) is 13.0. The topological polar surface area (TPSA) is 38.7 Å². The minimum atomic E-state index is 0.664. The van der Waals surface area contributed by atoms with Crippen molar-refractivity contribution in [2.24, 2.45) is 0 Å². The number of nitrogens with zero attached hydrogens (tertiary/aromatic N) is 3. The van der Waals surface area contributed by atoms with E-state index in [4.69, 9.17) is 15.0 Å². The summed E-state index contributed by atoms with van der Waals surface area (Å²) in [7, 11) is 0. The molecule has 0 radical (unpaired) electrons. The van der Waals surface area contributed by atoms with E-state index >= 15 is 0 Å². The molecule has 3 nitrogen and oxygen atoms in total. The average Bonchev–Trinajstić information content (AvgIpc) is 3.37. The lowest BCUT2D eigenvalue weighted by atomic mass is 9.98. The third-order valence-corrected chi connectivity index (χ3v) is 7.67. The summed E-state index contributed by atoms with van der Waals surface area (Å²) in [5, 5.41) is 2.59. The fraction of sp³-hybridized carbons (Fsp3) is 0. The number of hydrogen-bond donors (Lipinski definition) is 0. The molecule has 0 aliphatic rings. The number of benzene rings is 5. The zero-order valence-electron chi connectivity index (χ0n) is 19.9. The van der Waals surface area contributed by atoms with E-state index in [1.165, 1.54) is 25.7 Å². The third kappa shape index (κ3) is 3.98. The monoisotopic (exact) mass is 491 g/mol. The third-order valence-electron chi connectivity index (χ3n) is 6.53. The van der Waals surface area contributed by atoms with Crippen LogP contribution in [0.2, 0.25) is 0 Å². The van der Waals surface area contributed by atoms with Crippen molar-refractivity contribution in [3.05, 3.63) is 127 Å². The van der Waals surface area contributed by atoms with Gasteiger partial charge >= 0.3 is 0 Å². The standard InChI is InChI=1S/C33H21N3S/c1-3-11-22(12-4-1)31-34-32(23-13-5-2-6-14-23)36-33(35-31)25-16-9-15-24(21-25)26-18-10-20-29-30(26)27-17-7-8-19-28(27)37-29/h1-21H. The van der Waals surface area contributed by atoms with Crippen molar-refractivity contribution < 1.29 is 0 Å². The van der Waals surface area contributed by atoms with Crippen LogP contribution in [-0.2, 0) is 0 Å². The molecule has 4 heteroatoms. The van der Waals surface area contributed by atoms with Crippen molar-refractivity contribution in [1.82, 2.24) is 15.0 Å². The Balaban J connectivity index is 1.41. The molecule has 7 rings (SSSR count). The SMILES string of the molecule is c1ccc(-c2nc(-c3ccccc3)nc(-c3cccc(-c4cccc5sc6ccccc6c45)c3)n2)cc1. The molecular formula is C33H21N3S. The van der Waals surface area contributed by atoms with Crippen LogP contribution in [0.15, 0.2) is 127 Å². The Bertz CT molecular complexity index is 1820. The second-order valence-electron chi connectivity index (χ2n) is 8.90. The fourth-order valence-electron chi connectivity index (χ4n) is 4.78. The van der Waals surface area contributed by atoms with Gasteiger partial charge < -0.3 is 0 Å². The Hall–Kier alpha value is -4.67. The zero-order valence-corrected chi connectivity index (χ0v) is 20.7. The lowest BCUT2D eigenvalue weighted by Gasteiger charge is -2.10. The number of aromatic nitrogens is 3. The van der Waals surface area contributed by atoms with Crippen molar-refractivity contribution in [2.45, 2.75) is 0 Å². The second-order valence-corrected chi connectivity index (χ2v) is 9.98. The van der Waals surface area contributed by atoms with Gasteiger partial charge in [0.05, 0.1) is 0 Å². The molecule has 0 amide bonds. The van der Waals surface area contributed by atoms with E-state index in [0.29, 0.717) is 17.5 Å². The maximum atomic E-state index is 4.92. The van der Waals surface area contributed by atoms with E-state index < -0.39 is 0 Å². The summed E-state index contributed by atoms with van der Waals surface area (Å²) in [6.07, 6.45) is 0. The van der Waals surface area contributed by atoms with Gasteiger partial charge in [0.1, 0.15) is 0 Å². The van der Waals surface area contributed by atoms with Crippen LogP contribution in [0.3, 0.4) is 0 Å². The number of rotatable bonds is 4. The van der Waals surface area contributed by atoms with Gasteiger partial charge in [0.25, 0.3) is 0 Å². The molecule has 2 aromatic heterocycles. The summed E-state index contributed by atoms with van der Waals surface area (Å²) in [6.45, 7) is 0. The molecule has 0 atom stereocenters. The van der Waals surface area contributed by atoms with E-state index in [2.05, 4.69) is 66.7 Å². The molecule has 7 aromatic rings. The van der Waals surface area contributed by atoms with Crippen molar-refractivity contribution in [3.8, 4) is 45.3 Å². The van der Waals surface area contributed by atoms with Gasteiger partial charge in [-0.15, -0.1) is 11.3 Å². The normalized spacial score (nSPS) is 11.2. The van der Waals surface area contributed by atoms with Crippen molar-refractivity contribution in [1.29, 1.82) is 0 Å². The highest BCUT2D eigenvalue weighted by Gasteiger charge is 2.14. The van der Waals surface area contributed by atoms with Gasteiger partial charge in [0.2, 0.25) is 0 Å². The summed E-state index contributed by atoms with van der Waals surface area (Å²) in [5.41, 5.74) is 5.26. The largest absolute Gasteiger partial charge is 0.208 e. The van der Waals surface area contributed by atoms with E-state index in [9.17, 15) is 0 Å². The highest BCUT2D eigenvalue weighted by Crippen LogP contribution is 2.40. The maximum absolute atomic E-state index is 4.92. The van der Waals surface area contributed by atoms with Crippen LogP contribution >= 0.6 is 11.3 Å². The predicted molar refractivity (Wildman–Crippen MR) is 154 cm³/mol. The molecule has 0 saturated carbocycles. The summed E-state index contributed by atoms with van der Waals surface area (Å²) >= 11 is 1.84. The van der Waals surface area contributed by atoms with Crippen LogP contribution in [0.1, 0.15) is 0 Å². The predicted octanol–water partition coefficient (Wildman–Crippen LogP) is 8.91. The highest BCUT2D eigenvalue weighted by atomic mass is 32.1. The Morgan fingerprint density at radius 1 is 0.405 bits per heavy atom. The first-order valence-electron chi connectivity index (χ1n) is 12.2. The summed E-state index contributed by atoms with van der Waals surface area (Å²) < 4.78 is 2.60. The Kier molecular flexibility index (Phi) is 5.30. The van der Waals surface area contributed by atoms with E-state index in [1.54, 1.807) is 0 Å². The van der Waals surface area contributed by atoms with Crippen LogP contribution in [0.4, 0.5) is 0 Å². The fourth-order valence-corrected chi connectivity index (χ4v) is 5.91. The first-order chi connectivity index (χ1) is 18.3. The van der Waals surface area contributed by atoms with Crippen LogP contribution in [-0.4, -0.2) is 15.0 Å². The average molecular weight is 492 g/mol. The maximum Gasteiger partial charge on any atom is 0.164 e. The van der Waals surface area contributed by atoms with Crippen LogP contribution in [0.5, 0.6) is 0 Å². The van der Waals surface area contributed by atoms with Gasteiger partial charge in [0.15, 0.2) is 17.5 Å². The molecule has 37 heavy (non-hydrogen) atoms. The van der Waals surface area contributed by atoms with Gasteiger partial charge in [0, 0.05) is 36.9 Å². The zero-order chi connectivity index (χ0) is 24.6. The lowest BCUT2D eigenvalue weighted by molar-refractivity contribution is 1.07. The highest BCUT2D eigenvalue weighted by molar-refractivity contribution is 7.25. The van der Waals surface area contributed by atoms with Crippen molar-refractivity contribution in [3.63, 3.8) is 0 Å². The second kappa shape index (κ2) is 9.08. The molecule has 0 saturated heterocycles. The molecule has 174 valence electrons. The molecule has 0 bridgehead atoms. The summed E-state index contributed by atoms with van der Waals surface area (Å²) in [6, 6.07) is 43.9. The minimum Gasteiger partial charge on any atom is -0.208 e. The molecular weight excluding hydrogens is 470 g/mol. The Morgan fingerprint density at radius 2 is 0.919 bits per heavy atom. The van der Waals surface area contributed by atoms with Crippen LogP contribution < -0.4 is 0 Å². The number of thiophene rings is 1. The van der Waals surface area contributed by atoms with Gasteiger partial charge in [-0.25, -0.2) is 15.0 Å². The summed E-state index contributed by atoms with van der Waals surface area (Å²) in [5.74, 6) is 2.00. The Labute approximate surface area is 218 Å². The Morgan fingerprint density at radius 3 is 1.62 bits per heavy atom. The quantitative estimate of drug-likeness (QED) is 0.247. The van der Waals surface area contributed by atoms with Crippen molar-refractivity contribution in [2.75, 3.05) is 0 Å². The number of fused-ring (bicyclic) bond motifs is 3. The minimum absolute atomic E-state index is 0.664. The molecule has 0 fully saturated rings. The molecule has 0 aliphatic carbocycles. The van der Waals surface area contributed by atoms with Crippen LogP contribution in [0.25, 0.3) is 65.5 Å². The summed E-state index contributed by atoms with van der Waals surface area (Å²) in [4.78, 5) is 14.7. The number of hydrogen-bond acceptors (Lipinski definition) is 4. The molecule has 0 aliphatic heterocycles. The van der Waals surface area contributed by atoms with Crippen LogP contribution in [0, 0.1) is 0 Å². The molecule has 0 spiro atoms. The van der Waals surface area contributed by atoms with E-state index in [-0.39, 0.29) is 0 Å². The van der Waals surface area contributed by atoms with E-state index in [1.807, 2.05) is 72.0 Å². The first kappa shape index (κ1) is 21.6. The lowest BCUT2D eigenvalue weighted by Crippen LogP contribution is -2.00. The molecule has 2 heterocycles.